The predicted octanol–water partition coefficient (Wildman–Crippen LogP) is 3.88. The monoisotopic (exact) mass is 384 g/mol. The van der Waals surface area contributed by atoms with Gasteiger partial charge < -0.3 is 10.6 Å². The molecular formula is C24H20N2O3. The molecule has 0 aliphatic heterocycles. The van der Waals surface area contributed by atoms with E-state index < -0.39 is 5.91 Å². The van der Waals surface area contributed by atoms with Gasteiger partial charge in [0, 0.05) is 22.4 Å². The number of anilines is 1. The van der Waals surface area contributed by atoms with Gasteiger partial charge in [0.05, 0.1) is 6.54 Å². The van der Waals surface area contributed by atoms with E-state index in [4.69, 9.17) is 0 Å². The maximum atomic E-state index is 12.6. The van der Waals surface area contributed by atoms with Crippen molar-refractivity contribution >= 4 is 23.3 Å². The number of hydrogen-bond donors (Lipinski definition) is 2. The van der Waals surface area contributed by atoms with Gasteiger partial charge >= 0.3 is 0 Å². The maximum Gasteiger partial charge on any atom is 0.251 e. The minimum Gasteiger partial charge on any atom is -0.343 e. The van der Waals surface area contributed by atoms with E-state index in [1.165, 1.54) is 0 Å². The molecule has 5 nitrogen and oxygen atoms in total. The van der Waals surface area contributed by atoms with Gasteiger partial charge in [0.25, 0.3) is 5.91 Å². The lowest BCUT2D eigenvalue weighted by atomic mass is 10.0. The fourth-order valence-electron chi connectivity index (χ4n) is 3.51. The Hall–Kier alpha value is -3.73. The van der Waals surface area contributed by atoms with Crippen molar-refractivity contribution in [1.29, 1.82) is 0 Å². The number of rotatable bonds is 4. The van der Waals surface area contributed by atoms with Gasteiger partial charge in [0.15, 0.2) is 5.78 Å². The second kappa shape index (κ2) is 7.36. The van der Waals surface area contributed by atoms with Gasteiger partial charge in [0.2, 0.25) is 5.91 Å². The first-order chi connectivity index (χ1) is 14.0. The quantitative estimate of drug-likeness (QED) is 0.561. The van der Waals surface area contributed by atoms with Crippen molar-refractivity contribution in [3.05, 3.63) is 88.5 Å². The number of fused-ring (bicyclic) bond motifs is 3. The second-order valence-corrected chi connectivity index (χ2v) is 7.11. The van der Waals surface area contributed by atoms with E-state index in [1.807, 2.05) is 50.2 Å². The zero-order chi connectivity index (χ0) is 20.5. The number of aryl methyl sites for hydroxylation is 1. The Morgan fingerprint density at radius 3 is 2.34 bits per heavy atom. The molecule has 0 fully saturated rings. The van der Waals surface area contributed by atoms with Gasteiger partial charge in [-0.25, -0.2) is 0 Å². The first-order valence-corrected chi connectivity index (χ1v) is 9.38. The summed E-state index contributed by atoms with van der Waals surface area (Å²) in [7, 11) is 0. The molecule has 5 heteroatoms. The maximum absolute atomic E-state index is 12.6. The molecule has 3 aromatic rings. The van der Waals surface area contributed by atoms with Crippen LogP contribution in [0.1, 0.15) is 37.4 Å². The lowest BCUT2D eigenvalue weighted by Gasteiger charge is -2.11. The smallest absolute Gasteiger partial charge is 0.251 e. The summed E-state index contributed by atoms with van der Waals surface area (Å²) in [5, 5.41) is 5.43. The van der Waals surface area contributed by atoms with E-state index in [2.05, 4.69) is 10.6 Å². The standard InChI is InChI=1S/C24H20N2O3/c1-14-6-5-9-21(15(14)2)26-22(27)13-25-24(29)16-10-11-18-17-7-3-4-8-19(17)23(28)20(18)12-16/h3-12H,13H2,1-2H3,(H,25,29)(H,26,27). The van der Waals surface area contributed by atoms with Crippen molar-refractivity contribution in [1.82, 2.24) is 5.32 Å². The first kappa shape index (κ1) is 18.6. The molecule has 144 valence electrons. The highest BCUT2D eigenvalue weighted by molar-refractivity contribution is 6.22. The Morgan fingerprint density at radius 2 is 1.55 bits per heavy atom. The van der Waals surface area contributed by atoms with Crippen molar-refractivity contribution in [3.8, 4) is 11.1 Å². The second-order valence-electron chi connectivity index (χ2n) is 7.11. The Balaban J connectivity index is 1.44. The van der Waals surface area contributed by atoms with Crippen molar-refractivity contribution in [2.45, 2.75) is 13.8 Å². The molecule has 2 amide bonds. The van der Waals surface area contributed by atoms with Crippen LogP contribution < -0.4 is 10.6 Å². The van der Waals surface area contributed by atoms with Gasteiger partial charge in [-0.05, 0) is 54.3 Å². The third-order valence-electron chi connectivity index (χ3n) is 5.28. The molecule has 0 saturated carbocycles. The van der Waals surface area contributed by atoms with E-state index in [0.717, 1.165) is 27.9 Å². The van der Waals surface area contributed by atoms with Crippen LogP contribution in [0, 0.1) is 13.8 Å². The van der Waals surface area contributed by atoms with Crippen molar-refractivity contribution in [2.24, 2.45) is 0 Å². The van der Waals surface area contributed by atoms with Crippen LogP contribution in [0.5, 0.6) is 0 Å². The Bertz CT molecular complexity index is 1160. The van der Waals surface area contributed by atoms with Gasteiger partial charge in [-0.2, -0.15) is 0 Å². The molecule has 3 aromatic carbocycles. The van der Waals surface area contributed by atoms with E-state index in [9.17, 15) is 14.4 Å². The van der Waals surface area contributed by atoms with Crippen molar-refractivity contribution in [3.63, 3.8) is 0 Å². The fourth-order valence-corrected chi connectivity index (χ4v) is 3.51. The molecular weight excluding hydrogens is 364 g/mol. The molecule has 0 bridgehead atoms. The number of amides is 2. The Kier molecular flexibility index (Phi) is 4.72. The number of nitrogens with one attached hydrogen (secondary N) is 2. The van der Waals surface area contributed by atoms with Gasteiger partial charge in [-0.15, -0.1) is 0 Å². The van der Waals surface area contributed by atoms with Crippen LogP contribution in [-0.2, 0) is 4.79 Å². The van der Waals surface area contributed by atoms with Crippen LogP contribution in [0.2, 0.25) is 0 Å². The highest BCUT2D eigenvalue weighted by Gasteiger charge is 2.27. The molecule has 0 saturated heterocycles. The average molecular weight is 384 g/mol. The van der Waals surface area contributed by atoms with Crippen LogP contribution in [-0.4, -0.2) is 24.1 Å². The van der Waals surface area contributed by atoms with E-state index in [1.54, 1.807) is 24.3 Å². The largest absolute Gasteiger partial charge is 0.343 e. The third-order valence-corrected chi connectivity index (χ3v) is 5.28. The van der Waals surface area contributed by atoms with Crippen LogP contribution in [0.15, 0.2) is 60.7 Å². The SMILES string of the molecule is Cc1cccc(NC(=O)CNC(=O)c2ccc3c(c2)C(=O)c2ccccc2-3)c1C. The molecule has 1 aliphatic carbocycles. The van der Waals surface area contributed by atoms with Crippen molar-refractivity contribution in [2.75, 3.05) is 11.9 Å². The van der Waals surface area contributed by atoms with Gasteiger partial charge in [-0.1, -0.05) is 42.5 Å². The summed E-state index contributed by atoms with van der Waals surface area (Å²) >= 11 is 0. The van der Waals surface area contributed by atoms with Crippen LogP contribution in [0.3, 0.4) is 0 Å². The molecule has 4 rings (SSSR count). The summed E-state index contributed by atoms with van der Waals surface area (Å²) in [6.07, 6.45) is 0. The summed E-state index contributed by atoms with van der Waals surface area (Å²) in [6, 6.07) is 18.1. The van der Waals surface area contributed by atoms with Gasteiger partial charge in [0.1, 0.15) is 0 Å². The zero-order valence-corrected chi connectivity index (χ0v) is 16.2. The number of benzene rings is 3. The normalized spacial score (nSPS) is 11.6. The van der Waals surface area contributed by atoms with E-state index in [0.29, 0.717) is 16.7 Å². The number of carbonyl (C=O) groups excluding carboxylic acids is 3. The summed E-state index contributed by atoms with van der Waals surface area (Å²) in [5.41, 5.74) is 6.02. The fraction of sp³-hybridized carbons (Fsp3) is 0.125. The van der Waals surface area contributed by atoms with Gasteiger partial charge in [-0.3, -0.25) is 14.4 Å². The highest BCUT2D eigenvalue weighted by atomic mass is 16.2. The minimum atomic E-state index is -0.396. The number of carbonyl (C=O) groups is 3. The number of hydrogen-bond acceptors (Lipinski definition) is 3. The molecule has 0 unspecified atom stereocenters. The molecule has 0 atom stereocenters. The third kappa shape index (κ3) is 3.43. The summed E-state index contributed by atoms with van der Waals surface area (Å²) < 4.78 is 0. The van der Waals surface area contributed by atoms with E-state index in [-0.39, 0.29) is 18.2 Å². The summed E-state index contributed by atoms with van der Waals surface area (Å²) in [4.78, 5) is 37.3. The summed E-state index contributed by atoms with van der Waals surface area (Å²) in [6.45, 7) is 3.75. The molecule has 2 N–H and O–H groups in total. The molecule has 1 aliphatic rings. The Labute approximate surface area is 168 Å². The van der Waals surface area contributed by atoms with Crippen LogP contribution in [0.25, 0.3) is 11.1 Å². The first-order valence-electron chi connectivity index (χ1n) is 9.38. The van der Waals surface area contributed by atoms with Crippen LogP contribution >= 0.6 is 0 Å². The lowest BCUT2D eigenvalue weighted by Crippen LogP contribution is -2.33. The topological polar surface area (TPSA) is 75.3 Å². The van der Waals surface area contributed by atoms with E-state index >= 15 is 0 Å². The predicted molar refractivity (Wildman–Crippen MR) is 112 cm³/mol. The lowest BCUT2D eigenvalue weighted by molar-refractivity contribution is -0.115. The summed E-state index contributed by atoms with van der Waals surface area (Å²) in [5.74, 6) is -0.790. The number of ketones is 1. The molecule has 0 spiro atoms. The van der Waals surface area contributed by atoms with Crippen LogP contribution in [0.4, 0.5) is 5.69 Å². The molecule has 0 radical (unpaired) electrons. The highest BCUT2D eigenvalue weighted by Crippen LogP contribution is 2.36. The molecule has 29 heavy (non-hydrogen) atoms. The molecule has 0 aromatic heterocycles. The van der Waals surface area contributed by atoms with Crippen molar-refractivity contribution < 1.29 is 14.4 Å². The zero-order valence-electron chi connectivity index (χ0n) is 16.2. The minimum absolute atomic E-state index is 0.0853. The molecule has 0 heterocycles. The average Bonchev–Trinajstić information content (AvgIpc) is 3.02. The Morgan fingerprint density at radius 1 is 0.828 bits per heavy atom.